The third kappa shape index (κ3) is 4.04. The fourth-order valence-corrected chi connectivity index (χ4v) is 2.72. The maximum atomic E-state index is 12.0. The van der Waals surface area contributed by atoms with Gasteiger partial charge in [-0.2, -0.15) is 5.10 Å². The van der Waals surface area contributed by atoms with Crippen molar-refractivity contribution < 1.29 is 9.72 Å². The van der Waals surface area contributed by atoms with Crippen LogP contribution in [0.25, 0.3) is 0 Å². The van der Waals surface area contributed by atoms with Gasteiger partial charge in [0, 0.05) is 13.0 Å². The van der Waals surface area contributed by atoms with Gasteiger partial charge in [0.2, 0.25) is 5.91 Å². The van der Waals surface area contributed by atoms with Gasteiger partial charge in [-0.05, 0) is 32.4 Å². The second-order valence-electron chi connectivity index (χ2n) is 5.25. The Bertz CT molecular complexity index is 789. The molecule has 1 N–H and O–H groups in total. The van der Waals surface area contributed by atoms with E-state index >= 15 is 0 Å². The Labute approximate surface area is 148 Å². The lowest BCUT2D eigenvalue weighted by Gasteiger charge is -2.08. The molecule has 0 spiro atoms. The molecule has 2 rings (SSSR count). The second kappa shape index (κ2) is 7.63. The van der Waals surface area contributed by atoms with Crippen LogP contribution in [0.15, 0.2) is 18.2 Å². The molecule has 1 aromatic carbocycles. The molecule has 0 fully saturated rings. The summed E-state index contributed by atoms with van der Waals surface area (Å²) in [7, 11) is 0. The van der Waals surface area contributed by atoms with Crippen LogP contribution in [0, 0.1) is 24.0 Å². The van der Waals surface area contributed by atoms with E-state index in [2.05, 4.69) is 10.4 Å². The fraction of sp³-hybridized carbons (Fsp3) is 0.333. The quantitative estimate of drug-likeness (QED) is 0.611. The topological polar surface area (TPSA) is 90.1 Å². The van der Waals surface area contributed by atoms with Crippen molar-refractivity contribution in [2.75, 3.05) is 5.32 Å². The zero-order valence-electron chi connectivity index (χ0n) is 13.2. The lowest BCUT2D eigenvalue weighted by atomic mass is 10.2. The van der Waals surface area contributed by atoms with Crippen molar-refractivity contribution >= 4 is 40.5 Å². The van der Waals surface area contributed by atoms with E-state index in [4.69, 9.17) is 23.2 Å². The van der Waals surface area contributed by atoms with Crippen LogP contribution in [-0.2, 0) is 11.3 Å². The maximum absolute atomic E-state index is 12.0. The van der Waals surface area contributed by atoms with E-state index in [0.717, 1.165) is 0 Å². The first kappa shape index (κ1) is 18.2. The van der Waals surface area contributed by atoms with Gasteiger partial charge in [-0.1, -0.05) is 29.3 Å². The van der Waals surface area contributed by atoms with Gasteiger partial charge < -0.3 is 5.32 Å². The Morgan fingerprint density at radius 1 is 1.38 bits per heavy atom. The summed E-state index contributed by atoms with van der Waals surface area (Å²) < 4.78 is 1.55. The predicted molar refractivity (Wildman–Crippen MR) is 92.7 cm³/mol. The number of hydrogen-bond donors (Lipinski definition) is 1. The summed E-state index contributed by atoms with van der Waals surface area (Å²) in [4.78, 5) is 22.5. The van der Waals surface area contributed by atoms with Gasteiger partial charge in [0.25, 0.3) is 0 Å². The number of amides is 1. The van der Waals surface area contributed by atoms with E-state index in [1.807, 2.05) is 0 Å². The first-order chi connectivity index (χ1) is 11.3. The van der Waals surface area contributed by atoms with Crippen LogP contribution in [0.2, 0.25) is 10.0 Å². The lowest BCUT2D eigenvalue weighted by molar-refractivity contribution is -0.386. The summed E-state index contributed by atoms with van der Waals surface area (Å²) >= 11 is 11.9. The average molecular weight is 371 g/mol. The van der Waals surface area contributed by atoms with Crippen LogP contribution in [0.4, 0.5) is 11.4 Å². The number of aromatic nitrogens is 2. The number of carbonyl (C=O) groups is 1. The molecule has 0 saturated heterocycles. The third-order valence-corrected chi connectivity index (χ3v) is 4.34. The highest BCUT2D eigenvalue weighted by Gasteiger charge is 2.21. The van der Waals surface area contributed by atoms with Gasteiger partial charge in [-0.25, -0.2) is 0 Å². The molecule has 0 saturated carbocycles. The number of carbonyl (C=O) groups excluding carboxylic acids is 1. The van der Waals surface area contributed by atoms with Gasteiger partial charge in [0.1, 0.15) is 11.4 Å². The molecule has 7 nitrogen and oxygen atoms in total. The van der Waals surface area contributed by atoms with E-state index < -0.39 is 4.92 Å². The predicted octanol–water partition coefficient (Wildman–Crippen LogP) is 4.13. The van der Waals surface area contributed by atoms with Crippen LogP contribution in [-0.4, -0.2) is 20.6 Å². The minimum Gasteiger partial charge on any atom is -0.325 e. The van der Waals surface area contributed by atoms with Crippen molar-refractivity contribution in [1.82, 2.24) is 9.78 Å². The molecule has 1 aromatic heterocycles. The Kier molecular flexibility index (Phi) is 5.80. The molecule has 1 amide bonds. The number of aryl methyl sites for hydroxylation is 2. The molecule has 1 heterocycles. The van der Waals surface area contributed by atoms with Gasteiger partial charge in [-0.15, -0.1) is 0 Å². The standard InChI is InChI=1S/C15H16Cl2N4O3/c1-9-15(21(23)24)10(2)20(19-9)8-4-7-13(22)18-12-6-3-5-11(16)14(12)17/h3,5-6H,4,7-8H2,1-2H3,(H,18,22). The molecule has 0 radical (unpaired) electrons. The van der Waals surface area contributed by atoms with E-state index in [1.165, 1.54) is 0 Å². The number of nitrogens with zero attached hydrogens (tertiary/aromatic N) is 3. The Balaban J connectivity index is 1.93. The van der Waals surface area contributed by atoms with Crippen LogP contribution < -0.4 is 5.32 Å². The van der Waals surface area contributed by atoms with Gasteiger partial charge in [0.05, 0.1) is 20.7 Å². The summed E-state index contributed by atoms with van der Waals surface area (Å²) in [6.45, 7) is 3.65. The third-order valence-electron chi connectivity index (χ3n) is 3.53. The summed E-state index contributed by atoms with van der Waals surface area (Å²) in [5.41, 5.74) is 1.32. The molecule has 9 heteroatoms. The molecule has 0 aliphatic rings. The average Bonchev–Trinajstić information content (AvgIpc) is 2.78. The SMILES string of the molecule is Cc1nn(CCCC(=O)Nc2cccc(Cl)c2Cl)c(C)c1[N+](=O)[O-]. The number of rotatable bonds is 6. The fourth-order valence-electron chi connectivity index (χ4n) is 2.37. The number of anilines is 1. The van der Waals surface area contributed by atoms with E-state index in [-0.39, 0.29) is 18.0 Å². The molecule has 128 valence electrons. The Morgan fingerprint density at radius 3 is 2.71 bits per heavy atom. The lowest BCUT2D eigenvalue weighted by Crippen LogP contribution is -2.13. The zero-order valence-corrected chi connectivity index (χ0v) is 14.7. The first-order valence-corrected chi connectivity index (χ1v) is 7.99. The van der Waals surface area contributed by atoms with E-state index in [0.29, 0.717) is 40.1 Å². The largest absolute Gasteiger partial charge is 0.325 e. The van der Waals surface area contributed by atoms with Crippen molar-refractivity contribution in [3.63, 3.8) is 0 Å². The highest BCUT2D eigenvalue weighted by molar-refractivity contribution is 6.43. The van der Waals surface area contributed by atoms with Crippen molar-refractivity contribution in [2.24, 2.45) is 0 Å². The molecule has 2 aromatic rings. The molecule has 24 heavy (non-hydrogen) atoms. The minimum atomic E-state index is -0.442. The van der Waals surface area contributed by atoms with E-state index in [9.17, 15) is 14.9 Å². The summed E-state index contributed by atoms with van der Waals surface area (Å²) in [5, 5.41) is 18.5. The second-order valence-corrected chi connectivity index (χ2v) is 6.04. The molecule has 0 aliphatic carbocycles. The van der Waals surface area contributed by atoms with Crippen molar-refractivity contribution in [2.45, 2.75) is 33.2 Å². The summed E-state index contributed by atoms with van der Waals surface area (Å²) in [6.07, 6.45) is 0.720. The highest BCUT2D eigenvalue weighted by Crippen LogP contribution is 2.29. The monoisotopic (exact) mass is 370 g/mol. The molecule has 0 bridgehead atoms. The van der Waals surface area contributed by atoms with Crippen LogP contribution in [0.1, 0.15) is 24.2 Å². The summed E-state index contributed by atoms with van der Waals surface area (Å²) in [5.74, 6) is -0.213. The molecule has 0 aliphatic heterocycles. The number of benzene rings is 1. The molecule has 0 unspecified atom stereocenters. The molecular formula is C15H16Cl2N4O3. The van der Waals surface area contributed by atoms with E-state index in [1.54, 1.807) is 36.7 Å². The highest BCUT2D eigenvalue weighted by atomic mass is 35.5. The maximum Gasteiger partial charge on any atom is 0.312 e. The van der Waals surface area contributed by atoms with Crippen LogP contribution >= 0.6 is 23.2 Å². The number of halogens is 2. The minimum absolute atomic E-state index is 0.0187. The normalized spacial score (nSPS) is 10.7. The van der Waals surface area contributed by atoms with Crippen LogP contribution in [0.5, 0.6) is 0 Å². The first-order valence-electron chi connectivity index (χ1n) is 7.23. The summed E-state index contributed by atoms with van der Waals surface area (Å²) in [6, 6.07) is 4.99. The Morgan fingerprint density at radius 2 is 2.08 bits per heavy atom. The van der Waals surface area contributed by atoms with Crippen molar-refractivity contribution in [3.05, 3.63) is 49.7 Å². The van der Waals surface area contributed by atoms with Gasteiger partial charge >= 0.3 is 5.69 Å². The number of nitro groups is 1. The molecular weight excluding hydrogens is 355 g/mol. The van der Waals surface area contributed by atoms with Crippen molar-refractivity contribution in [3.8, 4) is 0 Å². The zero-order chi connectivity index (χ0) is 17.9. The number of nitrogens with one attached hydrogen (secondary N) is 1. The number of hydrogen-bond acceptors (Lipinski definition) is 4. The smallest absolute Gasteiger partial charge is 0.312 e. The van der Waals surface area contributed by atoms with Crippen molar-refractivity contribution in [1.29, 1.82) is 0 Å². The van der Waals surface area contributed by atoms with Gasteiger partial charge in [0.15, 0.2) is 0 Å². The molecule has 0 atom stereocenters. The van der Waals surface area contributed by atoms with Crippen LogP contribution in [0.3, 0.4) is 0 Å². The van der Waals surface area contributed by atoms with Gasteiger partial charge in [-0.3, -0.25) is 19.6 Å². The Hall–Kier alpha value is -2.12.